The Morgan fingerprint density at radius 3 is 2.96 bits per heavy atom. The third-order valence-corrected chi connectivity index (χ3v) is 5.30. The van der Waals surface area contributed by atoms with Gasteiger partial charge in [-0.3, -0.25) is 10.1 Å². The topological polar surface area (TPSA) is 60.5 Å². The maximum Gasteiger partial charge on any atom is 0.250 e. The number of carbonyl (C=O) groups excluding carboxylic acids is 1. The Bertz CT molecular complexity index is 798. The molecule has 3 rings (SSSR count). The van der Waals surface area contributed by atoms with Crippen molar-refractivity contribution < 1.29 is 14.3 Å². The number of fused-ring (bicyclic) bond motifs is 1. The van der Waals surface area contributed by atoms with Crippen LogP contribution in [0.4, 0.5) is 5.13 Å². The van der Waals surface area contributed by atoms with Gasteiger partial charge in [-0.05, 0) is 49.5 Å². The average molecular weight is 358 g/mol. The van der Waals surface area contributed by atoms with E-state index in [1.807, 2.05) is 18.2 Å². The highest BCUT2D eigenvalue weighted by atomic mass is 32.1. The minimum Gasteiger partial charge on any atom is -0.497 e. The van der Waals surface area contributed by atoms with Gasteiger partial charge in [-0.1, -0.05) is 6.92 Å². The largest absolute Gasteiger partial charge is 0.497 e. The lowest BCUT2D eigenvalue weighted by atomic mass is 9.93. The molecular formula is C19H22N2O3S. The van der Waals surface area contributed by atoms with Crippen molar-refractivity contribution in [2.24, 2.45) is 5.92 Å². The zero-order valence-corrected chi connectivity index (χ0v) is 15.5. The normalized spacial score (nSPS) is 16.5. The molecule has 1 heterocycles. The molecule has 132 valence electrons. The van der Waals surface area contributed by atoms with E-state index in [1.165, 1.54) is 17.4 Å². The van der Waals surface area contributed by atoms with Gasteiger partial charge in [-0.15, -0.1) is 11.3 Å². The Morgan fingerprint density at radius 2 is 2.20 bits per heavy atom. The van der Waals surface area contributed by atoms with Crippen molar-refractivity contribution in [2.75, 3.05) is 19.5 Å². The zero-order chi connectivity index (χ0) is 17.8. The molecular weight excluding hydrogens is 336 g/mol. The van der Waals surface area contributed by atoms with Gasteiger partial charge in [-0.2, -0.15) is 0 Å². The van der Waals surface area contributed by atoms with Gasteiger partial charge >= 0.3 is 0 Å². The number of nitrogens with one attached hydrogen (secondary N) is 1. The predicted molar refractivity (Wildman–Crippen MR) is 101 cm³/mol. The summed E-state index contributed by atoms with van der Waals surface area (Å²) in [4.78, 5) is 18.1. The SMILES string of the molecule is COc1ccc(OC)c(/C=C/C(=O)Nc2nc3c(s2)C[C@H](C)CC3)c1. The Balaban J connectivity index is 1.69. The van der Waals surface area contributed by atoms with Crippen molar-refractivity contribution in [3.63, 3.8) is 0 Å². The fourth-order valence-corrected chi connectivity index (χ4v) is 4.05. The molecule has 0 radical (unpaired) electrons. The number of benzene rings is 1. The number of carbonyl (C=O) groups is 1. The van der Waals surface area contributed by atoms with Gasteiger partial charge in [0.1, 0.15) is 11.5 Å². The van der Waals surface area contributed by atoms with Crippen LogP contribution in [0.3, 0.4) is 0 Å². The van der Waals surface area contributed by atoms with E-state index in [4.69, 9.17) is 9.47 Å². The van der Waals surface area contributed by atoms with Gasteiger partial charge in [0.2, 0.25) is 5.91 Å². The van der Waals surface area contributed by atoms with Crippen LogP contribution in [-0.4, -0.2) is 25.1 Å². The number of anilines is 1. The second-order valence-corrected chi connectivity index (χ2v) is 7.25. The molecule has 0 spiro atoms. The summed E-state index contributed by atoms with van der Waals surface area (Å²) in [6, 6.07) is 5.45. The summed E-state index contributed by atoms with van der Waals surface area (Å²) in [5.41, 5.74) is 1.92. The van der Waals surface area contributed by atoms with Crippen LogP contribution in [0.15, 0.2) is 24.3 Å². The van der Waals surface area contributed by atoms with Crippen molar-refractivity contribution in [1.82, 2.24) is 4.98 Å². The molecule has 1 aliphatic rings. The molecule has 25 heavy (non-hydrogen) atoms. The van der Waals surface area contributed by atoms with E-state index in [0.717, 1.165) is 24.1 Å². The summed E-state index contributed by atoms with van der Waals surface area (Å²) in [7, 11) is 3.20. The summed E-state index contributed by atoms with van der Waals surface area (Å²) in [5.74, 6) is 1.88. The van der Waals surface area contributed by atoms with E-state index in [9.17, 15) is 4.79 Å². The van der Waals surface area contributed by atoms with E-state index in [-0.39, 0.29) is 5.91 Å². The number of amides is 1. The highest BCUT2D eigenvalue weighted by Gasteiger charge is 2.20. The highest BCUT2D eigenvalue weighted by Crippen LogP contribution is 2.32. The molecule has 2 aromatic rings. The molecule has 1 amide bonds. The number of methoxy groups -OCH3 is 2. The van der Waals surface area contributed by atoms with Crippen LogP contribution in [0.25, 0.3) is 6.08 Å². The van der Waals surface area contributed by atoms with Crippen LogP contribution in [0.1, 0.15) is 29.5 Å². The molecule has 1 atom stereocenters. The van der Waals surface area contributed by atoms with E-state index >= 15 is 0 Å². The monoisotopic (exact) mass is 358 g/mol. The third kappa shape index (κ3) is 4.20. The average Bonchev–Trinajstić information content (AvgIpc) is 3.00. The molecule has 0 saturated heterocycles. The van der Waals surface area contributed by atoms with Crippen LogP contribution in [0, 0.1) is 5.92 Å². The lowest BCUT2D eigenvalue weighted by Gasteiger charge is -2.15. The van der Waals surface area contributed by atoms with Gasteiger partial charge in [0.15, 0.2) is 5.13 Å². The van der Waals surface area contributed by atoms with E-state index in [1.54, 1.807) is 31.6 Å². The van der Waals surface area contributed by atoms with Crippen LogP contribution < -0.4 is 14.8 Å². The summed E-state index contributed by atoms with van der Waals surface area (Å²) < 4.78 is 10.5. The first-order valence-electron chi connectivity index (χ1n) is 8.28. The van der Waals surface area contributed by atoms with Gasteiger partial charge < -0.3 is 9.47 Å². The summed E-state index contributed by atoms with van der Waals surface area (Å²) in [6.07, 6.45) is 6.42. The predicted octanol–water partition coefficient (Wildman–Crippen LogP) is 3.94. The number of aryl methyl sites for hydroxylation is 1. The molecule has 1 aromatic heterocycles. The Morgan fingerprint density at radius 1 is 1.36 bits per heavy atom. The molecule has 0 saturated carbocycles. The molecule has 5 nitrogen and oxygen atoms in total. The van der Waals surface area contributed by atoms with Crippen LogP contribution in [0.5, 0.6) is 11.5 Å². The smallest absolute Gasteiger partial charge is 0.250 e. The molecule has 0 bridgehead atoms. The van der Waals surface area contributed by atoms with Crippen LogP contribution >= 0.6 is 11.3 Å². The minimum atomic E-state index is -0.205. The quantitative estimate of drug-likeness (QED) is 0.823. The fourth-order valence-electron chi connectivity index (χ4n) is 2.88. The number of nitrogens with zero attached hydrogens (tertiary/aromatic N) is 1. The van der Waals surface area contributed by atoms with E-state index < -0.39 is 0 Å². The van der Waals surface area contributed by atoms with Crippen molar-refractivity contribution in [2.45, 2.75) is 26.2 Å². The molecule has 1 aliphatic carbocycles. The third-order valence-electron chi connectivity index (χ3n) is 4.27. The van der Waals surface area contributed by atoms with Crippen molar-refractivity contribution in [3.8, 4) is 11.5 Å². The highest BCUT2D eigenvalue weighted by molar-refractivity contribution is 7.15. The zero-order valence-electron chi connectivity index (χ0n) is 14.7. The first-order chi connectivity index (χ1) is 12.1. The molecule has 1 N–H and O–H groups in total. The first-order valence-corrected chi connectivity index (χ1v) is 9.10. The maximum absolute atomic E-state index is 12.2. The standard InChI is InChI=1S/C19H22N2O3S/c1-12-4-7-15-17(10-12)25-19(20-15)21-18(22)9-5-13-11-14(23-2)6-8-16(13)24-3/h5-6,8-9,11-12H,4,7,10H2,1-3H3,(H,20,21,22)/b9-5+/t12-/m1/s1. The second kappa shape index (κ2) is 7.70. The number of ether oxygens (including phenoxy) is 2. The molecule has 0 aliphatic heterocycles. The van der Waals surface area contributed by atoms with Crippen LogP contribution in [-0.2, 0) is 17.6 Å². The van der Waals surface area contributed by atoms with Crippen molar-refractivity contribution in [3.05, 3.63) is 40.4 Å². The summed E-state index contributed by atoms with van der Waals surface area (Å²) in [6.45, 7) is 2.26. The number of hydrogen-bond donors (Lipinski definition) is 1. The second-order valence-electron chi connectivity index (χ2n) is 6.17. The molecule has 1 aromatic carbocycles. The molecule has 6 heteroatoms. The summed E-state index contributed by atoms with van der Waals surface area (Å²) in [5, 5.41) is 3.53. The number of thiazole rings is 1. The van der Waals surface area contributed by atoms with Gasteiger partial charge in [0.05, 0.1) is 19.9 Å². The van der Waals surface area contributed by atoms with Crippen molar-refractivity contribution >= 4 is 28.5 Å². The molecule has 0 unspecified atom stereocenters. The Hall–Kier alpha value is -2.34. The lowest BCUT2D eigenvalue weighted by Crippen LogP contribution is -2.09. The fraction of sp³-hybridized carbons (Fsp3) is 0.368. The summed E-state index contributed by atoms with van der Waals surface area (Å²) >= 11 is 1.58. The Labute approximate surface area is 151 Å². The van der Waals surface area contributed by atoms with E-state index in [0.29, 0.717) is 22.5 Å². The molecule has 0 fully saturated rings. The maximum atomic E-state index is 12.2. The van der Waals surface area contributed by atoms with Gasteiger partial charge in [0, 0.05) is 16.5 Å². The number of aromatic nitrogens is 1. The van der Waals surface area contributed by atoms with Crippen molar-refractivity contribution in [1.29, 1.82) is 0 Å². The number of rotatable bonds is 5. The first kappa shape index (κ1) is 17.5. The minimum absolute atomic E-state index is 0.205. The Kier molecular flexibility index (Phi) is 5.38. The van der Waals surface area contributed by atoms with Crippen LogP contribution in [0.2, 0.25) is 0 Å². The lowest BCUT2D eigenvalue weighted by molar-refractivity contribution is -0.111. The van der Waals surface area contributed by atoms with E-state index in [2.05, 4.69) is 17.2 Å². The van der Waals surface area contributed by atoms with Gasteiger partial charge in [-0.25, -0.2) is 4.98 Å². The number of hydrogen-bond acceptors (Lipinski definition) is 5. The van der Waals surface area contributed by atoms with Gasteiger partial charge in [0.25, 0.3) is 0 Å².